The minimum Gasteiger partial charge on any atom is -0.480 e. The average Bonchev–Trinajstić information content (AvgIpc) is 2.42. The van der Waals surface area contributed by atoms with Gasteiger partial charge in [-0.25, -0.2) is 4.79 Å². The van der Waals surface area contributed by atoms with Gasteiger partial charge >= 0.3 is 5.97 Å². The molecule has 0 saturated heterocycles. The van der Waals surface area contributed by atoms with Crippen LogP contribution in [0.1, 0.15) is 38.2 Å². The van der Waals surface area contributed by atoms with Gasteiger partial charge in [0.2, 0.25) is 0 Å². The molecule has 0 saturated carbocycles. The van der Waals surface area contributed by atoms with E-state index in [0.29, 0.717) is 5.56 Å². The SMILES string of the molecule is Cc1c(C)c(C)c(C(=O)NCCOCC(=O)O)c(C)c1C. The van der Waals surface area contributed by atoms with Crippen molar-refractivity contribution in [2.75, 3.05) is 19.8 Å². The molecule has 1 aromatic rings. The second kappa shape index (κ2) is 7.22. The summed E-state index contributed by atoms with van der Waals surface area (Å²) in [4.78, 5) is 22.6. The van der Waals surface area contributed by atoms with Crippen LogP contribution < -0.4 is 5.32 Å². The Morgan fingerprint density at radius 2 is 1.43 bits per heavy atom. The number of benzene rings is 1. The summed E-state index contributed by atoms with van der Waals surface area (Å²) in [6, 6.07) is 0. The second-order valence-electron chi connectivity index (χ2n) is 5.20. The first kappa shape index (κ1) is 17.2. The number of ether oxygens (including phenoxy) is 1. The molecule has 0 spiro atoms. The highest BCUT2D eigenvalue weighted by Gasteiger charge is 2.17. The van der Waals surface area contributed by atoms with Crippen LogP contribution in [0.4, 0.5) is 0 Å². The molecule has 0 atom stereocenters. The number of hydrogen-bond donors (Lipinski definition) is 2. The maximum Gasteiger partial charge on any atom is 0.329 e. The summed E-state index contributed by atoms with van der Waals surface area (Å²) in [7, 11) is 0. The molecule has 0 unspecified atom stereocenters. The van der Waals surface area contributed by atoms with Gasteiger partial charge in [-0.1, -0.05) is 0 Å². The van der Waals surface area contributed by atoms with Crippen molar-refractivity contribution in [3.63, 3.8) is 0 Å². The summed E-state index contributed by atoms with van der Waals surface area (Å²) in [6.45, 7) is 10.1. The number of amides is 1. The molecule has 0 aliphatic heterocycles. The van der Waals surface area contributed by atoms with E-state index in [4.69, 9.17) is 9.84 Å². The highest BCUT2D eigenvalue weighted by Crippen LogP contribution is 2.25. The van der Waals surface area contributed by atoms with Crippen LogP contribution >= 0.6 is 0 Å². The van der Waals surface area contributed by atoms with Gasteiger partial charge in [-0.2, -0.15) is 0 Å². The third kappa shape index (κ3) is 4.04. The zero-order valence-electron chi connectivity index (χ0n) is 13.3. The van der Waals surface area contributed by atoms with Crippen LogP contribution in [0.5, 0.6) is 0 Å². The summed E-state index contributed by atoms with van der Waals surface area (Å²) in [5.41, 5.74) is 6.15. The van der Waals surface area contributed by atoms with Gasteiger partial charge in [-0.3, -0.25) is 4.79 Å². The molecule has 1 aromatic carbocycles. The minimum absolute atomic E-state index is 0.143. The molecule has 21 heavy (non-hydrogen) atoms. The van der Waals surface area contributed by atoms with Crippen molar-refractivity contribution in [2.45, 2.75) is 34.6 Å². The summed E-state index contributed by atoms with van der Waals surface area (Å²) < 4.78 is 4.89. The number of carboxylic acids is 1. The van der Waals surface area contributed by atoms with E-state index in [1.807, 2.05) is 27.7 Å². The quantitative estimate of drug-likeness (QED) is 0.787. The van der Waals surface area contributed by atoms with E-state index in [0.717, 1.165) is 22.3 Å². The van der Waals surface area contributed by atoms with Crippen molar-refractivity contribution >= 4 is 11.9 Å². The molecule has 0 heterocycles. The predicted octanol–water partition coefficient (Wildman–Crippen LogP) is 2.06. The Morgan fingerprint density at radius 3 is 1.90 bits per heavy atom. The van der Waals surface area contributed by atoms with Crippen LogP contribution in [0.2, 0.25) is 0 Å². The highest BCUT2D eigenvalue weighted by molar-refractivity contribution is 5.98. The number of nitrogens with one attached hydrogen (secondary N) is 1. The standard InChI is InChI=1S/C16H23NO4/c1-9-10(2)12(4)15(13(5)11(9)3)16(20)17-6-7-21-8-14(18)19/h6-8H2,1-5H3,(H,17,20)(H,18,19). The molecule has 0 aromatic heterocycles. The van der Waals surface area contributed by atoms with E-state index >= 15 is 0 Å². The molecular formula is C16H23NO4. The third-order valence-electron chi connectivity index (χ3n) is 3.98. The Balaban J connectivity index is 2.77. The van der Waals surface area contributed by atoms with E-state index in [1.54, 1.807) is 0 Å². The van der Waals surface area contributed by atoms with Crippen LogP contribution in [0.3, 0.4) is 0 Å². The van der Waals surface area contributed by atoms with Crippen molar-refractivity contribution in [2.24, 2.45) is 0 Å². The fourth-order valence-electron chi connectivity index (χ4n) is 2.33. The van der Waals surface area contributed by atoms with Crippen molar-refractivity contribution < 1.29 is 19.4 Å². The molecule has 0 aliphatic carbocycles. The predicted molar refractivity (Wildman–Crippen MR) is 80.9 cm³/mol. The molecule has 0 aliphatic rings. The zero-order chi connectivity index (χ0) is 16.2. The lowest BCUT2D eigenvalue weighted by Crippen LogP contribution is -2.29. The Kier molecular flexibility index (Phi) is 5.90. The third-order valence-corrected chi connectivity index (χ3v) is 3.98. The summed E-state index contributed by atoms with van der Waals surface area (Å²) in [6.07, 6.45) is 0. The zero-order valence-corrected chi connectivity index (χ0v) is 13.3. The molecule has 1 rings (SSSR count). The first-order valence-corrected chi connectivity index (χ1v) is 6.92. The highest BCUT2D eigenvalue weighted by atomic mass is 16.5. The number of aliphatic carboxylic acids is 1. The van der Waals surface area contributed by atoms with Gasteiger partial charge in [-0.05, 0) is 62.4 Å². The minimum atomic E-state index is -1.02. The van der Waals surface area contributed by atoms with Crippen LogP contribution in [0.25, 0.3) is 0 Å². The van der Waals surface area contributed by atoms with Gasteiger partial charge < -0.3 is 15.2 Å². The van der Waals surface area contributed by atoms with Gasteiger partial charge in [0.25, 0.3) is 5.91 Å². The fourth-order valence-corrected chi connectivity index (χ4v) is 2.33. The van der Waals surface area contributed by atoms with Crippen molar-refractivity contribution in [3.05, 3.63) is 33.4 Å². The molecule has 5 heteroatoms. The molecule has 1 amide bonds. The summed E-state index contributed by atoms with van der Waals surface area (Å²) in [5, 5.41) is 11.2. The van der Waals surface area contributed by atoms with E-state index in [2.05, 4.69) is 12.2 Å². The number of rotatable bonds is 6. The average molecular weight is 293 g/mol. The molecule has 2 N–H and O–H groups in total. The molecule has 116 valence electrons. The van der Waals surface area contributed by atoms with Crippen LogP contribution in [-0.4, -0.2) is 36.7 Å². The van der Waals surface area contributed by atoms with Crippen LogP contribution in [0, 0.1) is 34.6 Å². The Bertz CT molecular complexity index is 535. The van der Waals surface area contributed by atoms with E-state index in [-0.39, 0.29) is 25.7 Å². The Hall–Kier alpha value is -1.88. The van der Waals surface area contributed by atoms with Gasteiger partial charge in [0, 0.05) is 12.1 Å². The molecule has 5 nitrogen and oxygen atoms in total. The topological polar surface area (TPSA) is 75.6 Å². The summed E-state index contributed by atoms with van der Waals surface area (Å²) in [5.74, 6) is -1.16. The first-order valence-electron chi connectivity index (χ1n) is 6.92. The largest absolute Gasteiger partial charge is 0.480 e. The summed E-state index contributed by atoms with van der Waals surface area (Å²) >= 11 is 0. The number of hydrogen-bond acceptors (Lipinski definition) is 3. The fraction of sp³-hybridized carbons (Fsp3) is 0.500. The number of carbonyl (C=O) groups excluding carboxylic acids is 1. The van der Waals surface area contributed by atoms with Gasteiger partial charge in [0.15, 0.2) is 0 Å². The normalized spacial score (nSPS) is 10.5. The monoisotopic (exact) mass is 293 g/mol. The van der Waals surface area contributed by atoms with Crippen molar-refractivity contribution in [1.82, 2.24) is 5.32 Å². The second-order valence-corrected chi connectivity index (χ2v) is 5.20. The molecule has 0 bridgehead atoms. The van der Waals surface area contributed by atoms with Gasteiger partial charge in [-0.15, -0.1) is 0 Å². The van der Waals surface area contributed by atoms with E-state index in [1.165, 1.54) is 5.56 Å². The molecule has 0 radical (unpaired) electrons. The van der Waals surface area contributed by atoms with Crippen molar-refractivity contribution in [3.8, 4) is 0 Å². The number of carbonyl (C=O) groups is 2. The smallest absolute Gasteiger partial charge is 0.329 e. The van der Waals surface area contributed by atoms with Crippen LogP contribution in [-0.2, 0) is 9.53 Å². The van der Waals surface area contributed by atoms with Crippen LogP contribution in [0.15, 0.2) is 0 Å². The van der Waals surface area contributed by atoms with E-state index in [9.17, 15) is 9.59 Å². The van der Waals surface area contributed by atoms with Gasteiger partial charge in [0.05, 0.1) is 6.61 Å². The molecular weight excluding hydrogens is 270 g/mol. The maximum atomic E-state index is 12.3. The first-order chi connectivity index (χ1) is 9.77. The Labute approximate surface area is 125 Å². The lowest BCUT2D eigenvalue weighted by molar-refractivity contribution is -0.142. The maximum absolute atomic E-state index is 12.3. The lowest BCUT2D eigenvalue weighted by Gasteiger charge is -2.18. The lowest BCUT2D eigenvalue weighted by atomic mass is 9.89. The Morgan fingerprint density at radius 1 is 0.952 bits per heavy atom. The van der Waals surface area contributed by atoms with Crippen molar-refractivity contribution in [1.29, 1.82) is 0 Å². The number of carboxylic acid groups (broad SMARTS) is 1. The van der Waals surface area contributed by atoms with Gasteiger partial charge in [0.1, 0.15) is 6.61 Å². The molecule has 0 fully saturated rings. The van der Waals surface area contributed by atoms with E-state index < -0.39 is 5.97 Å².